The van der Waals surface area contributed by atoms with Crippen LogP contribution in [0.4, 0.5) is 24.5 Å². The molecule has 0 aliphatic rings. The number of anilines is 2. The highest BCUT2D eigenvalue weighted by atomic mass is 35.5. The van der Waals surface area contributed by atoms with Gasteiger partial charge in [0.05, 0.1) is 10.7 Å². The molecule has 0 spiro atoms. The van der Waals surface area contributed by atoms with Crippen molar-refractivity contribution >= 4 is 46.4 Å². The molecule has 1 atom stereocenters. The Kier molecular flexibility index (Phi) is 6.27. The first kappa shape index (κ1) is 22.0. The molecule has 1 unspecified atom stereocenters. The van der Waals surface area contributed by atoms with Crippen LogP contribution in [0.1, 0.15) is 22.8 Å². The summed E-state index contributed by atoms with van der Waals surface area (Å²) in [6, 6.07) is 8.51. The fourth-order valence-corrected chi connectivity index (χ4v) is 2.41. The zero-order chi connectivity index (χ0) is 21.3. The fourth-order valence-electron chi connectivity index (χ4n) is 2.00. The van der Waals surface area contributed by atoms with Gasteiger partial charge in [0.15, 0.2) is 0 Å². The van der Waals surface area contributed by atoms with Crippen LogP contribution < -0.4 is 10.6 Å². The second kappa shape index (κ2) is 7.98. The Morgan fingerprint density at radius 3 is 2.18 bits per heavy atom. The van der Waals surface area contributed by atoms with Gasteiger partial charge in [-0.15, -0.1) is 0 Å². The summed E-state index contributed by atoms with van der Waals surface area (Å²) in [6.45, 7) is 2.13. The zero-order valence-electron chi connectivity index (χ0n) is 14.6. The van der Waals surface area contributed by atoms with E-state index < -0.39 is 23.6 Å². The van der Waals surface area contributed by atoms with Crippen molar-refractivity contribution in [1.29, 1.82) is 0 Å². The van der Waals surface area contributed by atoms with Crippen LogP contribution in [-0.4, -0.2) is 28.7 Å². The van der Waals surface area contributed by atoms with E-state index >= 15 is 0 Å². The first-order valence-corrected chi connectivity index (χ1v) is 8.56. The minimum Gasteiger partial charge on any atom is -0.373 e. The lowest BCUT2D eigenvalue weighted by Crippen LogP contribution is -2.52. The lowest BCUT2D eigenvalue weighted by atomic mass is 10.1. The number of aliphatic hydroxyl groups is 1. The number of nitrogens with one attached hydrogen (secondary N) is 2. The summed E-state index contributed by atoms with van der Waals surface area (Å²) in [4.78, 5) is 24.0. The molecule has 2 aromatic rings. The van der Waals surface area contributed by atoms with Crippen LogP contribution >= 0.6 is 23.2 Å². The van der Waals surface area contributed by atoms with Gasteiger partial charge in [0.25, 0.3) is 11.8 Å². The summed E-state index contributed by atoms with van der Waals surface area (Å²) < 4.78 is 38.1. The topological polar surface area (TPSA) is 78.4 Å². The molecular formula is C18H15Cl2F3N2O3. The third-order valence-electron chi connectivity index (χ3n) is 3.90. The number of hydrogen-bond acceptors (Lipinski definition) is 3. The minimum atomic E-state index is -5.17. The Bertz CT molecular complexity index is 931. The van der Waals surface area contributed by atoms with Gasteiger partial charge in [0, 0.05) is 16.3 Å². The van der Waals surface area contributed by atoms with Gasteiger partial charge in [-0.2, -0.15) is 13.2 Å². The monoisotopic (exact) mass is 434 g/mol. The normalized spacial score (nSPS) is 13.6. The number of amides is 2. The van der Waals surface area contributed by atoms with Crippen molar-refractivity contribution in [3.05, 3.63) is 57.6 Å². The molecule has 28 heavy (non-hydrogen) atoms. The van der Waals surface area contributed by atoms with Crippen LogP contribution in [-0.2, 0) is 4.79 Å². The zero-order valence-corrected chi connectivity index (χ0v) is 16.1. The molecule has 0 aliphatic carbocycles. The highest BCUT2D eigenvalue weighted by molar-refractivity contribution is 6.34. The molecule has 0 heterocycles. The van der Waals surface area contributed by atoms with Crippen molar-refractivity contribution in [2.24, 2.45) is 0 Å². The van der Waals surface area contributed by atoms with Crippen molar-refractivity contribution in [3.8, 4) is 0 Å². The Hall–Kier alpha value is -2.29. The largest absolute Gasteiger partial charge is 0.426 e. The third-order valence-corrected chi connectivity index (χ3v) is 4.62. The summed E-state index contributed by atoms with van der Waals surface area (Å²) in [6.07, 6.45) is -5.17. The van der Waals surface area contributed by atoms with Gasteiger partial charge >= 0.3 is 6.18 Å². The van der Waals surface area contributed by atoms with Crippen molar-refractivity contribution in [1.82, 2.24) is 0 Å². The van der Waals surface area contributed by atoms with Gasteiger partial charge in [0.1, 0.15) is 0 Å². The van der Waals surface area contributed by atoms with Crippen molar-refractivity contribution in [2.75, 3.05) is 10.6 Å². The van der Waals surface area contributed by atoms with Gasteiger partial charge in [-0.05, 0) is 49.7 Å². The van der Waals surface area contributed by atoms with Gasteiger partial charge < -0.3 is 15.7 Å². The van der Waals surface area contributed by atoms with Crippen LogP contribution in [0.5, 0.6) is 0 Å². The number of benzene rings is 2. The van der Waals surface area contributed by atoms with E-state index in [-0.39, 0.29) is 16.3 Å². The maximum absolute atomic E-state index is 12.7. The van der Waals surface area contributed by atoms with Crippen molar-refractivity contribution in [2.45, 2.75) is 25.6 Å². The smallest absolute Gasteiger partial charge is 0.373 e. The molecule has 2 rings (SSSR count). The first-order chi connectivity index (χ1) is 12.8. The predicted octanol–water partition coefficient (Wildman–Crippen LogP) is 4.81. The number of hydrogen-bond donors (Lipinski definition) is 3. The van der Waals surface area contributed by atoms with E-state index in [0.29, 0.717) is 17.6 Å². The SMILES string of the molecule is Cc1ccc(NC(=O)c2ccc(NC(=O)C(C)(O)C(F)(F)F)c(Cl)c2)cc1Cl. The van der Waals surface area contributed by atoms with Crippen molar-refractivity contribution < 1.29 is 27.9 Å². The van der Waals surface area contributed by atoms with E-state index in [0.717, 1.165) is 11.6 Å². The van der Waals surface area contributed by atoms with E-state index in [1.165, 1.54) is 12.1 Å². The number of halogens is 5. The molecule has 10 heteroatoms. The molecule has 5 nitrogen and oxygen atoms in total. The van der Waals surface area contributed by atoms with Gasteiger partial charge in [-0.25, -0.2) is 0 Å². The summed E-state index contributed by atoms with van der Waals surface area (Å²) in [7, 11) is 0. The summed E-state index contributed by atoms with van der Waals surface area (Å²) in [5.41, 5.74) is -2.42. The molecule has 0 aromatic heterocycles. The second-order valence-corrected chi connectivity index (χ2v) is 6.95. The molecule has 0 bridgehead atoms. The van der Waals surface area contributed by atoms with E-state index in [1.807, 2.05) is 5.32 Å². The molecule has 0 saturated carbocycles. The minimum absolute atomic E-state index is 0.0993. The Morgan fingerprint density at radius 2 is 1.64 bits per heavy atom. The van der Waals surface area contributed by atoms with Gasteiger partial charge in [-0.1, -0.05) is 29.3 Å². The number of aryl methyl sites for hydroxylation is 1. The average molecular weight is 435 g/mol. The molecule has 150 valence electrons. The Balaban J connectivity index is 2.16. The number of rotatable bonds is 4. The summed E-state index contributed by atoms with van der Waals surface area (Å²) >= 11 is 11.9. The Labute approximate surface area is 168 Å². The van der Waals surface area contributed by atoms with Crippen LogP contribution in [0.25, 0.3) is 0 Å². The molecule has 0 aliphatic heterocycles. The highest BCUT2D eigenvalue weighted by Crippen LogP contribution is 2.32. The molecular weight excluding hydrogens is 420 g/mol. The lowest BCUT2D eigenvalue weighted by molar-refractivity contribution is -0.242. The summed E-state index contributed by atoms with van der Waals surface area (Å²) in [5.74, 6) is -2.24. The maximum Gasteiger partial charge on any atom is 0.426 e. The molecule has 2 amide bonds. The number of carbonyl (C=O) groups excluding carboxylic acids is 2. The lowest BCUT2D eigenvalue weighted by Gasteiger charge is -2.25. The fraction of sp³-hybridized carbons (Fsp3) is 0.222. The summed E-state index contributed by atoms with van der Waals surface area (Å²) in [5, 5.41) is 14.1. The standard InChI is InChI=1S/C18H15Cl2F3N2O3/c1-9-3-5-11(8-12(9)19)24-15(26)10-4-6-14(13(20)7-10)25-16(27)17(2,28)18(21,22)23/h3-8,28H,1-2H3,(H,24,26)(H,25,27). The van der Waals surface area contributed by atoms with Gasteiger partial charge in [0.2, 0.25) is 5.60 Å². The highest BCUT2D eigenvalue weighted by Gasteiger charge is 2.55. The molecule has 2 aromatic carbocycles. The van der Waals surface area contributed by atoms with Crippen LogP contribution in [0.2, 0.25) is 10.0 Å². The maximum atomic E-state index is 12.7. The van der Waals surface area contributed by atoms with E-state index in [9.17, 15) is 27.9 Å². The first-order valence-electron chi connectivity index (χ1n) is 7.80. The number of alkyl halides is 3. The van der Waals surface area contributed by atoms with E-state index in [2.05, 4.69) is 5.32 Å². The average Bonchev–Trinajstić information content (AvgIpc) is 2.58. The van der Waals surface area contributed by atoms with Crippen LogP contribution in [0.15, 0.2) is 36.4 Å². The van der Waals surface area contributed by atoms with E-state index in [1.54, 1.807) is 25.1 Å². The quantitative estimate of drug-likeness (QED) is 0.646. The van der Waals surface area contributed by atoms with E-state index in [4.69, 9.17) is 23.2 Å². The van der Waals surface area contributed by atoms with Crippen LogP contribution in [0.3, 0.4) is 0 Å². The van der Waals surface area contributed by atoms with Crippen LogP contribution in [0, 0.1) is 6.92 Å². The third kappa shape index (κ3) is 4.76. The second-order valence-electron chi connectivity index (χ2n) is 6.14. The van der Waals surface area contributed by atoms with Gasteiger partial charge in [-0.3, -0.25) is 9.59 Å². The molecule has 0 fully saturated rings. The molecule has 0 saturated heterocycles. The number of carbonyl (C=O) groups is 2. The molecule has 3 N–H and O–H groups in total. The predicted molar refractivity (Wildman–Crippen MR) is 101 cm³/mol. The molecule has 0 radical (unpaired) electrons. The van der Waals surface area contributed by atoms with Crippen molar-refractivity contribution in [3.63, 3.8) is 0 Å². The Morgan fingerprint density at radius 1 is 1.00 bits per heavy atom.